The third kappa shape index (κ3) is 2.00. The summed E-state index contributed by atoms with van der Waals surface area (Å²) in [5.74, 6) is 0. The van der Waals surface area contributed by atoms with Crippen LogP contribution in [0.25, 0.3) is 16.5 Å². The summed E-state index contributed by atoms with van der Waals surface area (Å²) in [7, 11) is 0. The SMILES string of the molecule is CC(C)(N)c1cncn1-c1cccc2cnccc12. The first kappa shape index (κ1) is 11.9. The van der Waals surface area contributed by atoms with Gasteiger partial charge >= 0.3 is 0 Å². The van der Waals surface area contributed by atoms with Gasteiger partial charge in [0.1, 0.15) is 0 Å². The van der Waals surface area contributed by atoms with E-state index in [-0.39, 0.29) is 0 Å². The Morgan fingerprint density at radius 3 is 2.74 bits per heavy atom. The molecule has 0 atom stereocenters. The number of rotatable bonds is 2. The molecule has 0 aliphatic rings. The molecule has 0 spiro atoms. The molecule has 3 aromatic rings. The molecule has 4 nitrogen and oxygen atoms in total. The van der Waals surface area contributed by atoms with Crippen molar-refractivity contribution in [1.29, 1.82) is 0 Å². The lowest BCUT2D eigenvalue weighted by atomic mass is 10.0. The first-order valence-electron chi connectivity index (χ1n) is 6.22. The van der Waals surface area contributed by atoms with E-state index in [4.69, 9.17) is 5.73 Å². The molecule has 0 radical (unpaired) electrons. The van der Waals surface area contributed by atoms with Crippen molar-refractivity contribution in [3.05, 3.63) is 54.9 Å². The lowest BCUT2D eigenvalue weighted by molar-refractivity contribution is 0.525. The Morgan fingerprint density at radius 1 is 1.11 bits per heavy atom. The molecule has 3 rings (SSSR count). The van der Waals surface area contributed by atoms with E-state index in [0.717, 1.165) is 22.2 Å². The normalized spacial score (nSPS) is 11.9. The van der Waals surface area contributed by atoms with E-state index < -0.39 is 5.54 Å². The van der Waals surface area contributed by atoms with E-state index in [1.807, 2.05) is 42.9 Å². The Kier molecular flexibility index (Phi) is 2.61. The van der Waals surface area contributed by atoms with Gasteiger partial charge in [-0.3, -0.25) is 4.98 Å². The van der Waals surface area contributed by atoms with Gasteiger partial charge in [0.05, 0.1) is 29.4 Å². The summed E-state index contributed by atoms with van der Waals surface area (Å²) in [5.41, 5.74) is 7.83. The topological polar surface area (TPSA) is 56.7 Å². The van der Waals surface area contributed by atoms with Crippen molar-refractivity contribution in [3.8, 4) is 5.69 Å². The number of hydrogen-bond donors (Lipinski definition) is 1. The van der Waals surface area contributed by atoms with Crippen LogP contribution in [0.4, 0.5) is 0 Å². The number of nitrogens with two attached hydrogens (primary N) is 1. The fourth-order valence-electron chi connectivity index (χ4n) is 2.28. The van der Waals surface area contributed by atoms with Crippen LogP contribution in [-0.4, -0.2) is 14.5 Å². The monoisotopic (exact) mass is 252 g/mol. The molecule has 0 fully saturated rings. The zero-order valence-electron chi connectivity index (χ0n) is 11.0. The summed E-state index contributed by atoms with van der Waals surface area (Å²) in [5, 5.41) is 2.25. The summed E-state index contributed by atoms with van der Waals surface area (Å²) in [6.45, 7) is 3.96. The predicted molar refractivity (Wildman–Crippen MR) is 76.1 cm³/mol. The molecule has 0 aliphatic heterocycles. The Bertz CT molecular complexity index is 717. The molecular formula is C15H16N4. The molecule has 1 aromatic carbocycles. The molecule has 0 saturated heterocycles. The summed E-state index contributed by atoms with van der Waals surface area (Å²) in [6, 6.07) is 8.15. The van der Waals surface area contributed by atoms with Crippen molar-refractivity contribution < 1.29 is 0 Å². The average molecular weight is 252 g/mol. The van der Waals surface area contributed by atoms with E-state index in [1.165, 1.54) is 0 Å². The van der Waals surface area contributed by atoms with Crippen molar-refractivity contribution >= 4 is 10.8 Å². The summed E-state index contributed by atoms with van der Waals surface area (Å²) >= 11 is 0. The van der Waals surface area contributed by atoms with Crippen LogP contribution in [0.2, 0.25) is 0 Å². The molecule has 96 valence electrons. The van der Waals surface area contributed by atoms with Gasteiger partial charge in [0.15, 0.2) is 0 Å². The predicted octanol–water partition coefficient (Wildman–Crippen LogP) is 2.61. The van der Waals surface area contributed by atoms with Gasteiger partial charge < -0.3 is 10.3 Å². The van der Waals surface area contributed by atoms with Crippen LogP contribution in [-0.2, 0) is 5.54 Å². The minimum atomic E-state index is -0.439. The number of nitrogens with zero attached hydrogens (tertiary/aromatic N) is 3. The number of benzene rings is 1. The maximum absolute atomic E-state index is 6.21. The van der Waals surface area contributed by atoms with Crippen molar-refractivity contribution in [2.24, 2.45) is 5.73 Å². The minimum Gasteiger partial charge on any atom is -0.321 e. The molecular weight excluding hydrogens is 236 g/mol. The quantitative estimate of drug-likeness (QED) is 0.762. The van der Waals surface area contributed by atoms with Gasteiger partial charge in [0, 0.05) is 23.2 Å². The highest BCUT2D eigenvalue weighted by molar-refractivity contribution is 5.89. The van der Waals surface area contributed by atoms with E-state index in [2.05, 4.69) is 22.1 Å². The van der Waals surface area contributed by atoms with Crippen LogP contribution in [0.3, 0.4) is 0 Å². The number of hydrogen-bond acceptors (Lipinski definition) is 3. The zero-order chi connectivity index (χ0) is 13.5. The molecule has 0 unspecified atom stereocenters. The van der Waals surface area contributed by atoms with Gasteiger partial charge in [-0.2, -0.15) is 0 Å². The smallest absolute Gasteiger partial charge is 0.0995 e. The van der Waals surface area contributed by atoms with Gasteiger partial charge in [-0.1, -0.05) is 12.1 Å². The minimum absolute atomic E-state index is 0.439. The lowest BCUT2D eigenvalue weighted by Gasteiger charge is -2.21. The Balaban J connectivity index is 2.29. The molecule has 2 N–H and O–H groups in total. The Hall–Kier alpha value is -2.20. The molecule has 0 amide bonds. The molecule has 2 heterocycles. The van der Waals surface area contributed by atoms with Crippen molar-refractivity contribution in [1.82, 2.24) is 14.5 Å². The number of pyridine rings is 1. The summed E-state index contributed by atoms with van der Waals surface area (Å²) in [6.07, 6.45) is 7.29. The fraction of sp³-hybridized carbons (Fsp3) is 0.200. The molecule has 0 aliphatic carbocycles. The Morgan fingerprint density at radius 2 is 1.95 bits per heavy atom. The van der Waals surface area contributed by atoms with Crippen LogP contribution in [0, 0.1) is 0 Å². The van der Waals surface area contributed by atoms with Gasteiger partial charge in [-0.15, -0.1) is 0 Å². The van der Waals surface area contributed by atoms with Gasteiger partial charge in [-0.25, -0.2) is 4.98 Å². The first-order chi connectivity index (χ1) is 9.07. The van der Waals surface area contributed by atoms with Crippen LogP contribution < -0.4 is 5.73 Å². The number of fused-ring (bicyclic) bond motifs is 1. The van der Waals surface area contributed by atoms with E-state index >= 15 is 0 Å². The van der Waals surface area contributed by atoms with Crippen molar-refractivity contribution in [2.75, 3.05) is 0 Å². The highest BCUT2D eigenvalue weighted by atomic mass is 15.1. The van der Waals surface area contributed by atoms with Gasteiger partial charge in [0.25, 0.3) is 0 Å². The molecule has 19 heavy (non-hydrogen) atoms. The molecule has 4 heteroatoms. The van der Waals surface area contributed by atoms with Crippen LogP contribution in [0.15, 0.2) is 49.2 Å². The highest BCUT2D eigenvalue weighted by Crippen LogP contribution is 2.26. The van der Waals surface area contributed by atoms with Crippen LogP contribution in [0.5, 0.6) is 0 Å². The second-order valence-corrected chi connectivity index (χ2v) is 5.24. The largest absolute Gasteiger partial charge is 0.321 e. The van der Waals surface area contributed by atoms with E-state index in [0.29, 0.717) is 0 Å². The zero-order valence-corrected chi connectivity index (χ0v) is 11.0. The molecule has 0 bridgehead atoms. The second-order valence-electron chi connectivity index (χ2n) is 5.24. The maximum atomic E-state index is 6.21. The molecule has 0 saturated carbocycles. The maximum Gasteiger partial charge on any atom is 0.0995 e. The van der Waals surface area contributed by atoms with Crippen LogP contribution in [0.1, 0.15) is 19.5 Å². The van der Waals surface area contributed by atoms with Crippen molar-refractivity contribution in [3.63, 3.8) is 0 Å². The van der Waals surface area contributed by atoms with Gasteiger partial charge in [-0.05, 0) is 26.0 Å². The number of aromatic nitrogens is 3. The average Bonchev–Trinajstić information content (AvgIpc) is 2.87. The van der Waals surface area contributed by atoms with E-state index in [1.54, 1.807) is 12.5 Å². The third-order valence-electron chi connectivity index (χ3n) is 3.22. The highest BCUT2D eigenvalue weighted by Gasteiger charge is 2.20. The number of imidazole rings is 1. The summed E-state index contributed by atoms with van der Waals surface area (Å²) in [4.78, 5) is 8.40. The fourth-order valence-corrected chi connectivity index (χ4v) is 2.28. The standard InChI is InChI=1S/C15H16N4/c1-15(2,16)14-9-18-10-19(14)13-5-3-4-11-8-17-7-6-12(11)13/h3-10H,16H2,1-2H3. The first-order valence-corrected chi connectivity index (χ1v) is 6.22. The van der Waals surface area contributed by atoms with Crippen LogP contribution >= 0.6 is 0 Å². The Labute approximate surface area is 111 Å². The van der Waals surface area contributed by atoms with Crippen molar-refractivity contribution in [2.45, 2.75) is 19.4 Å². The molecule has 2 aromatic heterocycles. The van der Waals surface area contributed by atoms with E-state index in [9.17, 15) is 0 Å². The second kappa shape index (κ2) is 4.17. The lowest BCUT2D eigenvalue weighted by Crippen LogP contribution is -2.31. The van der Waals surface area contributed by atoms with Gasteiger partial charge in [0.2, 0.25) is 0 Å². The third-order valence-corrected chi connectivity index (χ3v) is 3.22. The summed E-state index contributed by atoms with van der Waals surface area (Å²) < 4.78 is 2.04.